The fraction of sp³-hybridized carbons (Fsp3) is 0.600. The Balaban J connectivity index is 1.58. The van der Waals surface area contributed by atoms with Crippen molar-refractivity contribution in [1.29, 1.82) is 0 Å². The minimum atomic E-state index is -0.729. The molecule has 2 aliphatic rings. The molecule has 1 aromatic rings. The average molecular weight is 374 g/mol. The van der Waals surface area contributed by atoms with Crippen molar-refractivity contribution in [3.8, 4) is 0 Å². The van der Waals surface area contributed by atoms with Gasteiger partial charge in [0.05, 0.1) is 11.8 Å². The summed E-state index contributed by atoms with van der Waals surface area (Å²) in [6.45, 7) is 5.72. The van der Waals surface area contributed by atoms with Crippen LogP contribution in [0.25, 0.3) is 0 Å². The van der Waals surface area contributed by atoms with Crippen LogP contribution in [0.2, 0.25) is 0 Å². The van der Waals surface area contributed by atoms with Crippen LogP contribution < -0.4 is 0 Å². The van der Waals surface area contributed by atoms with Crippen LogP contribution in [0.3, 0.4) is 0 Å². The Hall–Kier alpha value is -2.44. The molecule has 2 amide bonds. The zero-order chi connectivity index (χ0) is 19.7. The van der Waals surface area contributed by atoms with E-state index in [0.29, 0.717) is 18.4 Å². The highest BCUT2D eigenvalue weighted by Crippen LogP contribution is 2.37. The summed E-state index contributed by atoms with van der Waals surface area (Å²) in [6.07, 6.45) is 3.27. The van der Waals surface area contributed by atoms with E-state index in [1.807, 2.05) is 25.3 Å². The Bertz CT molecular complexity index is 771. The van der Waals surface area contributed by atoms with Gasteiger partial charge in [0.2, 0.25) is 17.6 Å². The van der Waals surface area contributed by atoms with Gasteiger partial charge in [0.1, 0.15) is 6.54 Å². The fourth-order valence-electron chi connectivity index (χ4n) is 4.36. The van der Waals surface area contributed by atoms with Crippen molar-refractivity contribution in [1.82, 2.24) is 9.47 Å². The van der Waals surface area contributed by atoms with E-state index in [9.17, 15) is 19.2 Å². The van der Waals surface area contributed by atoms with Gasteiger partial charge in [-0.15, -0.1) is 0 Å². The van der Waals surface area contributed by atoms with Crippen LogP contribution in [0.1, 0.15) is 54.4 Å². The molecule has 0 N–H and O–H groups in total. The summed E-state index contributed by atoms with van der Waals surface area (Å²) >= 11 is 0. The first-order valence-corrected chi connectivity index (χ1v) is 9.55. The van der Waals surface area contributed by atoms with Gasteiger partial charge in [-0.2, -0.15) is 0 Å². The Morgan fingerprint density at radius 1 is 1.11 bits per heavy atom. The predicted octanol–water partition coefficient (Wildman–Crippen LogP) is 2.03. The van der Waals surface area contributed by atoms with Crippen molar-refractivity contribution in [3.63, 3.8) is 0 Å². The summed E-state index contributed by atoms with van der Waals surface area (Å²) in [6, 6.07) is 1.78. The summed E-state index contributed by atoms with van der Waals surface area (Å²) in [5.74, 6) is -2.16. The molecule has 2 atom stereocenters. The number of hydrogen-bond donors (Lipinski definition) is 0. The van der Waals surface area contributed by atoms with E-state index >= 15 is 0 Å². The van der Waals surface area contributed by atoms with Gasteiger partial charge in [0, 0.05) is 23.5 Å². The molecule has 0 bridgehead atoms. The number of amides is 2. The smallest absolute Gasteiger partial charge is 0.326 e. The molecule has 2 unspecified atom stereocenters. The van der Waals surface area contributed by atoms with E-state index in [-0.39, 0.29) is 29.4 Å². The number of ketones is 1. The molecule has 2 heterocycles. The van der Waals surface area contributed by atoms with Gasteiger partial charge in [0.15, 0.2) is 6.61 Å². The molecule has 146 valence electrons. The van der Waals surface area contributed by atoms with E-state index in [4.69, 9.17) is 4.74 Å². The molecule has 1 aliphatic heterocycles. The number of nitrogens with zero attached hydrogens (tertiary/aromatic N) is 2. The molecular formula is C20H26N2O5. The topological polar surface area (TPSA) is 85.7 Å². The van der Waals surface area contributed by atoms with Crippen molar-refractivity contribution in [2.45, 2.75) is 53.0 Å². The van der Waals surface area contributed by atoms with Gasteiger partial charge >= 0.3 is 5.97 Å². The molecule has 0 aromatic carbocycles. The van der Waals surface area contributed by atoms with Gasteiger partial charge in [0.25, 0.3) is 0 Å². The second kappa shape index (κ2) is 7.66. The number of likely N-dealkylation sites (tertiary alicyclic amines) is 1. The Morgan fingerprint density at radius 3 is 2.22 bits per heavy atom. The monoisotopic (exact) mass is 374 g/mol. The van der Waals surface area contributed by atoms with E-state index in [0.717, 1.165) is 35.7 Å². The van der Waals surface area contributed by atoms with Crippen LogP contribution in [0.4, 0.5) is 0 Å². The SMILES string of the molecule is CCn1c(C)cc(C(=O)COC(=O)CN2C(=O)C3CCCCC3C2=O)c1C. The lowest BCUT2D eigenvalue weighted by Gasteiger charge is -2.19. The molecule has 1 saturated heterocycles. The number of fused-ring (bicyclic) bond motifs is 1. The first kappa shape index (κ1) is 19.3. The van der Waals surface area contributed by atoms with Crippen LogP contribution in [0, 0.1) is 25.7 Å². The zero-order valence-electron chi connectivity index (χ0n) is 16.1. The van der Waals surface area contributed by atoms with Crippen LogP contribution in [-0.2, 0) is 25.7 Å². The average Bonchev–Trinajstić information content (AvgIpc) is 3.08. The summed E-state index contributed by atoms with van der Waals surface area (Å²) in [5.41, 5.74) is 2.34. The number of ether oxygens (including phenoxy) is 1. The number of Topliss-reactive ketones (excluding diaryl/α,β-unsaturated/α-hetero) is 1. The van der Waals surface area contributed by atoms with E-state index in [1.165, 1.54) is 0 Å². The predicted molar refractivity (Wildman–Crippen MR) is 97.0 cm³/mol. The Morgan fingerprint density at radius 2 is 1.70 bits per heavy atom. The number of hydrogen-bond acceptors (Lipinski definition) is 5. The standard InChI is InChI=1S/C20H26N2O5/c1-4-21-12(2)9-16(13(21)3)17(23)11-27-18(24)10-22-19(25)14-7-5-6-8-15(14)20(22)26/h9,14-15H,4-8,10-11H2,1-3H3. The highest BCUT2D eigenvalue weighted by Gasteiger charge is 2.48. The maximum absolute atomic E-state index is 12.4. The first-order valence-electron chi connectivity index (χ1n) is 9.55. The van der Waals surface area contributed by atoms with Crippen molar-refractivity contribution in [2.24, 2.45) is 11.8 Å². The minimum Gasteiger partial charge on any atom is -0.456 e. The fourth-order valence-corrected chi connectivity index (χ4v) is 4.36. The highest BCUT2D eigenvalue weighted by molar-refractivity contribution is 6.07. The van der Waals surface area contributed by atoms with Gasteiger partial charge in [-0.25, -0.2) is 0 Å². The van der Waals surface area contributed by atoms with Gasteiger partial charge in [-0.1, -0.05) is 12.8 Å². The third-order valence-electron chi connectivity index (χ3n) is 5.77. The summed E-state index contributed by atoms with van der Waals surface area (Å²) in [7, 11) is 0. The van der Waals surface area contributed by atoms with Crippen LogP contribution in [-0.4, -0.2) is 46.2 Å². The lowest BCUT2D eigenvalue weighted by molar-refractivity contribution is -0.152. The number of carbonyl (C=O) groups excluding carboxylic acids is 4. The first-order chi connectivity index (χ1) is 12.8. The summed E-state index contributed by atoms with van der Waals surface area (Å²) in [4.78, 5) is 50.3. The molecule has 1 aliphatic carbocycles. The second-order valence-electron chi connectivity index (χ2n) is 7.37. The third kappa shape index (κ3) is 3.55. The van der Waals surface area contributed by atoms with Gasteiger partial charge < -0.3 is 9.30 Å². The van der Waals surface area contributed by atoms with Gasteiger partial charge in [-0.05, 0) is 39.7 Å². The minimum absolute atomic E-state index is 0.278. The van der Waals surface area contributed by atoms with Crippen LogP contribution in [0.15, 0.2) is 6.07 Å². The number of aromatic nitrogens is 1. The number of carbonyl (C=O) groups is 4. The van der Waals surface area contributed by atoms with Crippen molar-refractivity contribution < 1.29 is 23.9 Å². The number of esters is 1. The molecule has 1 aromatic heterocycles. The van der Waals surface area contributed by atoms with Crippen molar-refractivity contribution >= 4 is 23.6 Å². The van der Waals surface area contributed by atoms with E-state index < -0.39 is 19.1 Å². The molecule has 7 nitrogen and oxygen atoms in total. The molecular weight excluding hydrogens is 348 g/mol. The lowest BCUT2D eigenvalue weighted by Crippen LogP contribution is -2.37. The van der Waals surface area contributed by atoms with Gasteiger partial charge in [-0.3, -0.25) is 24.1 Å². The Kier molecular flexibility index (Phi) is 5.48. The molecule has 0 radical (unpaired) electrons. The number of aryl methyl sites for hydroxylation is 1. The molecule has 1 saturated carbocycles. The number of rotatable bonds is 6. The van der Waals surface area contributed by atoms with Crippen LogP contribution in [0.5, 0.6) is 0 Å². The summed E-state index contributed by atoms with van der Waals surface area (Å²) < 4.78 is 7.08. The molecule has 27 heavy (non-hydrogen) atoms. The summed E-state index contributed by atoms with van der Waals surface area (Å²) in [5, 5.41) is 0. The van der Waals surface area contributed by atoms with Crippen molar-refractivity contribution in [3.05, 3.63) is 23.0 Å². The number of imide groups is 1. The maximum Gasteiger partial charge on any atom is 0.326 e. The second-order valence-corrected chi connectivity index (χ2v) is 7.37. The van der Waals surface area contributed by atoms with E-state index in [2.05, 4.69) is 0 Å². The normalized spacial score (nSPS) is 22.1. The zero-order valence-corrected chi connectivity index (χ0v) is 16.1. The lowest BCUT2D eigenvalue weighted by atomic mass is 9.81. The molecule has 2 fully saturated rings. The quantitative estimate of drug-likeness (QED) is 0.432. The largest absolute Gasteiger partial charge is 0.456 e. The van der Waals surface area contributed by atoms with E-state index in [1.54, 1.807) is 6.07 Å². The Labute approximate surface area is 158 Å². The van der Waals surface area contributed by atoms with Crippen molar-refractivity contribution in [2.75, 3.05) is 13.2 Å². The molecule has 7 heteroatoms. The maximum atomic E-state index is 12.4. The molecule has 0 spiro atoms. The third-order valence-corrected chi connectivity index (χ3v) is 5.77. The molecule has 3 rings (SSSR count). The van der Waals surface area contributed by atoms with Crippen LogP contribution >= 0.6 is 0 Å². The highest BCUT2D eigenvalue weighted by atomic mass is 16.5.